The summed E-state index contributed by atoms with van der Waals surface area (Å²) in [6.07, 6.45) is 1.61. The van der Waals surface area contributed by atoms with E-state index < -0.39 is 5.97 Å². The maximum Gasteiger partial charge on any atom is 0.335 e. The average molecular weight is 290 g/mol. The Morgan fingerprint density at radius 2 is 2.05 bits per heavy atom. The molecule has 5 heteroatoms. The van der Waals surface area contributed by atoms with Gasteiger partial charge >= 0.3 is 12.0 Å². The SMILES string of the molecule is CC(C)(C)CCNC(=O)N1CCc2cc(C(=O)O)ccc21. The summed E-state index contributed by atoms with van der Waals surface area (Å²) in [6.45, 7) is 7.65. The summed E-state index contributed by atoms with van der Waals surface area (Å²) in [5, 5.41) is 11.9. The largest absolute Gasteiger partial charge is 0.478 e. The molecule has 0 radical (unpaired) electrons. The third-order valence-corrected chi connectivity index (χ3v) is 3.62. The van der Waals surface area contributed by atoms with Crippen molar-refractivity contribution in [2.45, 2.75) is 33.6 Å². The van der Waals surface area contributed by atoms with Crippen LogP contribution in [0.5, 0.6) is 0 Å². The minimum atomic E-state index is -0.939. The van der Waals surface area contributed by atoms with E-state index in [2.05, 4.69) is 26.1 Å². The third kappa shape index (κ3) is 3.74. The lowest BCUT2D eigenvalue weighted by Gasteiger charge is -2.21. The van der Waals surface area contributed by atoms with Gasteiger partial charge in [0.2, 0.25) is 0 Å². The first-order chi connectivity index (χ1) is 9.78. The van der Waals surface area contributed by atoms with Crippen LogP contribution in [0.4, 0.5) is 10.5 Å². The molecule has 0 atom stereocenters. The Bertz CT molecular complexity index is 561. The van der Waals surface area contributed by atoms with Gasteiger partial charge in [-0.1, -0.05) is 20.8 Å². The molecule has 0 spiro atoms. The summed E-state index contributed by atoms with van der Waals surface area (Å²) >= 11 is 0. The summed E-state index contributed by atoms with van der Waals surface area (Å²) in [6, 6.07) is 4.80. The quantitative estimate of drug-likeness (QED) is 0.899. The van der Waals surface area contributed by atoms with E-state index in [0.29, 0.717) is 19.5 Å². The molecule has 21 heavy (non-hydrogen) atoms. The van der Waals surface area contributed by atoms with Gasteiger partial charge in [-0.25, -0.2) is 9.59 Å². The number of hydrogen-bond acceptors (Lipinski definition) is 2. The highest BCUT2D eigenvalue weighted by Gasteiger charge is 2.25. The molecule has 0 saturated carbocycles. The van der Waals surface area contributed by atoms with Gasteiger partial charge in [0.25, 0.3) is 0 Å². The number of nitrogens with one attached hydrogen (secondary N) is 1. The van der Waals surface area contributed by atoms with Gasteiger partial charge in [-0.3, -0.25) is 4.90 Å². The van der Waals surface area contributed by atoms with Gasteiger partial charge in [0.15, 0.2) is 0 Å². The highest BCUT2D eigenvalue weighted by Crippen LogP contribution is 2.29. The molecule has 1 aromatic rings. The molecule has 0 aliphatic carbocycles. The van der Waals surface area contributed by atoms with E-state index in [1.54, 1.807) is 23.1 Å². The number of carbonyl (C=O) groups excluding carboxylic acids is 1. The number of carboxylic acid groups (broad SMARTS) is 1. The number of hydrogen-bond donors (Lipinski definition) is 2. The molecule has 5 nitrogen and oxygen atoms in total. The number of urea groups is 1. The van der Waals surface area contributed by atoms with Crippen LogP contribution in [0.25, 0.3) is 0 Å². The number of anilines is 1. The van der Waals surface area contributed by atoms with E-state index in [-0.39, 0.29) is 17.0 Å². The van der Waals surface area contributed by atoms with Crippen molar-refractivity contribution >= 4 is 17.7 Å². The van der Waals surface area contributed by atoms with Crippen LogP contribution in [-0.4, -0.2) is 30.2 Å². The lowest BCUT2D eigenvalue weighted by atomic mass is 9.92. The van der Waals surface area contributed by atoms with E-state index in [1.807, 2.05) is 0 Å². The molecule has 2 rings (SSSR count). The zero-order valence-corrected chi connectivity index (χ0v) is 12.8. The number of fused-ring (bicyclic) bond motifs is 1. The van der Waals surface area contributed by atoms with Crippen LogP contribution in [0.15, 0.2) is 18.2 Å². The topological polar surface area (TPSA) is 69.6 Å². The van der Waals surface area contributed by atoms with Crippen molar-refractivity contribution in [2.75, 3.05) is 18.0 Å². The number of carbonyl (C=O) groups is 2. The molecule has 114 valence electrons. The summed E-state index contributed by atoms with van der Waals surface area (Å²) in [7, 11) is 0. The van der Waals surface area contributed by atoms with Crippen molar-refractivity contribution in [2.24, 2.45) is 5.41 Å². The molecule has 1 aliphatic rings. The fraction of sp³-hybridized carbons (Fsp3) is 0.500. The van der Waals surface area contributed by atoms with E-state index in [1.165, 1.54) is 0 Å². The number of nitrogens with zero attached hydrogens (tertiary/aromatic N) is 1. The molecule has 0 bridgehead atoms. The van der Waals surface area contributed by atoms with Crippen LogP contribution in [0.3, 0.4) is 0 Å². The highest BCUT2D eigenvalue weighted by atomic mass is 16.4. The Morgan fingerprint density at radius 3 is 2.67 bits per heavy atom. The maximum absolute atomic E-state index is 12.2. The molecule has 0 aromatic heterocycles. The van der Waals surface area contributed by atoms with Gasteiger partial charge in [-0.05, 0) is 42.0 Å². The second kappa shape index (κ2) is 5.76. The molecular weight excluding hydrogens is 268 g/mol. The van der Waals surface area contributed by atoms with Crippen molar-refractivity contribution in [3.05, 3.63) is 29.3 Å². The predicted molar refractivity (Wildman–Crippen MR) is 81.9 cm³/mol. The van der Waals surface area contributed by atoms with E-state index in [4.69, 9.17) is 5.11 Å². The van der Waals surface area contributed by atoms with Crippen LogP contribution >= 0.6 is 0 Å². The minimum Gasteiger partial charge on any atom is -0.478 e. The highest BCUT2D eigenvalue weighted by molar-refractivity contribution is 5.96. The number of rotatable bonds is 3. The van der Waals surface area contributed by atoms with E-state index in [0.717, 1.165) is 17.7 Å². The van der Waals surface area contributed by atoms with E-state index in [9.17, 15) is 9.59 Å². The molecule has 0 unspecified atom stereocenters. The molecular formula is C16H22N2O3. The van der Waals surface area contributed by atoms with Crippen molar-refractivity contribution in [3.8, 4) is 0 Å². The predicted octanol–water partition coefficient (Wildman–Crippen LogP) is 2.89. The first-order valence-corrected chi connectivity index (χ1v) is 7.19. The fourth-order valence-corrected chi connectivity index (χ4v) is 2.39. The van der Waals surface area contributed by atoms with Crippen molar-refractivity contribution in [1.29, 1.82) is 0 Å². The van der Waals surface area contributed by atoms with Crippen LogP contribution < -0.4 is 10.2 Å². The van der Waals surface area contributed by atoms with Crippen LogP contribution in [0.1, 0.15) is 43.1 Å². The number of benzene rings is 1. The first kappa shape index (κ1) is 15.4. The van der Waals surface area contributed by atoms with Crippen molar-refractivity contribution in [1.82, 2.24) is 5.32 Å². The minimum absolute atomic E-state index is 0.110. The monoisotopic (exact) mass is 290 g/mol. The molecule has 1 aliphatic heterocycles. The maximum atomic E-state index is 12.2. The van der Waals surface area contributed by atoms with Crippen LogP contribution in [-0.2, 0) is 6.42 Å². The molecule has 0 fully saturated rings. The van der Waals surface area contributed by atoms with Crippen LogP contribution in [0.2, 0.25) is 0 Å². The lowest BCUT2D eigenvalue weighted by Crippen LogP contribution is -2.40. The number of aromatic carboxylic acids is 1. The summed E-state index contributed by atoms with van der Waals surface area (Å²) in [5.41, 5.74) is 2.19. The molecule has 2 amide bonds. The fourth-order valence-electron chi connectivity index (χ4n) is 2.39. The lowest BCUT2D eigenvalue weighted by molar-refractivity contribution is 0.0697. The summed E-state index contributed by atoms with van der Waals surface area (Å²) in [5.74, 6) is -0.939. The number of amides is 2. The zero-order valence-electron chi connectivity index (χ0n) is 12.8. The number of carboxylic acids is 1. The zero-order chi connectivity index (χ0) is 15.6. The Kier molecular flexibility index (Phi) is 4.21. The Morgan fingerprint density at radius 1 is 1.33 bits per heavy atom. The normalized spacial score (nSPS) is 14.0. The van der Waals surface area contributed by atoms with Crippen LogP contribution in [0, 0.1) is 5.41 Å². The average Bonchev–Trinajstić information content (AvgIpc) is 2.79. The molecule has 1 aromatic carbocycles. The van der Waals surface area contributed by atoms with Gasteiger partial charge in [0, 0.05) is 18.8 Å². The van der Waals surface area contributed by atoms with Gasteiger partial charge in [-0.2, -0.15) is 0 Å². The van der Waals surface area contributed by atoms with Gasteiger partial charge in [0.1, 0.15) is 0 Å². The van der Waals surface area contributed by atoms with Gasteiger partial charge < -0.3 is 10.4 Å². The first-order valence-electron chi connectivity index (χ1n) is 7.19. The van der Waals surface area contributed by atoms with Gasteiger partial charge in [0.05, 0.1) is 5.56 Å². The molecule has 2 N–H and O–H groups in total. The summed E-state index contributed by atoms with van der Waals surface area (Å²) < 4.78 is 0. The van der Waals surface area contributed by atoms with Gasteiger partial charge in [-0.15, -0.1) is 0 Å². The molecule has 1 heterocycles. The third-order valence-electron chi connectivity index (χ3n) is 3.62. The Hall–Kier alpha value is -2.04. The Balaban J connectivity index is 2.02. The smallest absolute Gasteiger partial charge is 0.335 e. The Labute approximate surface area is 125 Å². The van der Waals surface area contributed by atoms with Crippen molar-refractivity contribution in [3.63, 3.8) is 0 Å². The second-order valence-electron chi connectivity index (χ2n) is 6.59. The second-order valence-corrected chi connectivity index (χ2v) is 6.59. The molecule has 0 saturated heterocycles. The standard InChI is InChI=1S/C16H22N2O3/c1-16(2,3)7-8-17-15(21)18-9-6-11-10-12(14(19)20)4-5-13(11)18/h4-5,10H,6-9H2,1-3H3,(H,17,21)(H,19,20). The summed E-state index contributed by atoms with van der Waals surface area (Å²) in [4.78, 5) is 24.9. The van der Waals surface area contributed by atoms with E-state index >= 15 is 0 Å². The van der Waals surface area contributed by atoms with Crippen molar-refractivity contribution < 1.29 is 14.7 Å².